The van der Waals surface area contributed by atoms with Crippen molar-refractivity contribution in [3.63, 3.8) is 0 Å². The molecule has 1 saturated heterocycles. The van der Waals surface area contributed by atoms with Crippen molar-refractivity contribution in [3.05, 3.63) is 5.82 Å². The Labute approximate surface area is 166 Å². The van der Waals surface area contributed by atoms with Crippen LogP contribution in [0, 0.1) is 5.92 Å². The van der Waals surface area contributed by atoms with Crippen molar-refractivity contribution in [3.8, 4) is 0 Å². The van der Waals surface area contributed by atoms with Crippen LogP contribution >= 0.6 is 27.7 Å². The molecular weight excluding hydrogens is 414 g/mol. The molecule has 9 heteroatoms. The molecular formula is C17H26BrN7S. The van der Waals surface area contributed by atoms with E-state index in [2.05, 4.69) is 42.1 Å². The van der Waals surface area contributed by atoms with Crippen molar-refractivity contribution in [1.29, 1.82) is 0 Å². The number of halogens is 1. The Balaban J connectivity index is 1.33. The zero-order chi connectivity index (χ0) is 17.5. The highest BCUT2D eigenvalue weighted by molar-refractivity contribution is 9.09. The van der Waals surface area contributed by atoms with E-state index in [4.69, 9.17) is 5.10 Å². The third-order valence-corrected chi connectivity index (χ3v) is 8.09. The van der Waals surface area contributed by atoms with Crippen LogP contribution in [0.4, 0.5) is 0 Å². The summed E-state index contributed by atoms with van der Waals surface area (Å²) in [5.74, 6) is 2.53. The van der Waals surface area contributed by atoms with Crippen LogP contribution in [-0.2, 0) is 6.54 Å². The topological polar surface area (TPSA) is 70.4 Å². The minimum Gasteiger partial charge on any atom is -0.239 e. The average molecular weight is 440 g/mol. The van der Waals surface area contributed by atoms with E-state index >= 15 is 0 Å². The van der Waals surface area contributed by atoms with E-state index in [0.717, 1.165) is 23.3 Å². The van der Waals surface area contributed by atoms with Crippen molar-refractivity contribution in [2.75, 3.05) is 5.75 Å². The van der Waals surface area contributed by atoms with Gasteiger partial charge in [-0.25, -0.2) is 10.4 Å². The fourth-order valence-corrected chi connectivity index (χ4v) is 6.14. The summed E-state index contributed by atoms with van der Waals surface area (Å²) in [5.41, 5.74) is 8.13. The fourth-order valence-electron chi connectivity index (χ4n) is 4.68. The molecule has 26 heavy (non-hydrogen) atoms. The quantitative estimate of drug-likeness (QED) is 0.705. The Morgan fingerprint density at radius 1 is 1.08 bits per heavy atom. The van der Waals surface area contributed by atoms with Crippen LogP contribution < -0.4 is 11.0 Å². The second-order valence-electron chi connectivity index (χ2n) is 7.88. The molecule has 142 valence electrons. The summed E-state index contributed by atoms with van der Waals surface area (Å²) in [6.07, 6.45) is 10.1. The summed E-state index contributed by atoms with van der Waals surface area (Å²) in [6.45, 7) is 0.743. The lowest BCUT2D eigenvalue weighted by Gasteiger charge is -2.29. The molecule has 3 heterocycles. The maximum Gasteiger partial charge on any atom is 0.212 e. The van der Waals surface area contributed by atoms with E-state index in [1.54, 1.807) is 11.8 Å². The molecule has 2 unspecified atom stereocenters. The Bertz CT molecular complexity index is 685. The summed E-state index contributed by atoms with van der Waals surface area (Å²) in [4.78, 5) is 0.689. The van der Waals surface area contributed by atoms with Crippen LogP contribution in [0.25, 0.3) is 0 Å². The van der Waals surface area contributed by atoms with E-state index in [0.29, 0.717) is 22.8 Å². The molecule has 0 aromatic carbocycles. The minimum atomic E-state index is 0.547. The Hall–Kier alpha value is -0.480. The van der Waals surface area contributed by atoms with Crippen LogP contribution in [0.2, 0.25) is 0 Å². The molecule has 1 aromatic heterocycles. The van der Waals surface area contributed by atoms with Gasteiger partial charge < -0.3 is 0 Å². The first-order valence-corrected chi connectivity index (χ1v) is 11.7. The van der Waals surface area contributed by atoms with Gasteiger partial charge in [-0.2, -0.15) is 15.3 Å². The largest absolute Gasteiger partial charge is 0.239 e. The number of thioether (sulfide) groups is 1. The van der Waals surface area contributed by atoms with Crippen LogP contribution in [0.15, 0.2) is 10.3 Å². The lowest BCUT2D eigenvalue weighted by Crippen LogP contribution is -2.40. The van der Waals surface area contributed by atoms with Gasteiger partial charge in [-0.05, 0) is 44.4 Å². The fraction of sp³-hybridized carbons (Fsp3) is 0.824. The Morgan fingerprint density at radius 2 is 1.92 bits per heavy atom. The monoisotopic (exact) mass is 439 g/mol. The molecule has 3 fully saturated rings. The van der Waals surface area contributed by atoms with E-state index in [9.17, 15) is 0 Å². The molecule has 4 aliphatic rings. The van der Waals surface area contributed by atoms with E-state index in [1.807, 2.05) is 4.68 Å². The zero-order valence-electron chi connectivity index (χ0n) is 14.9. The van der Waals surface area contributed by atoms with Gasteiger partial charge in [-0.3, -0.25) is 0 Å². The van der Waals surface area contributed by atoms with Crippen LogP contribution in [-0.4, -0.2) is 48.3 Å². The minimum absolute atomic E-state index is 0.547. The molecule has 0 radical (unpaired) electrons. The number of hydrogen-bond acceptors (Lipinski definition) is 7. The van der Waals surface area contributed by atoms with Gasteiger partial charge in [0.15, 0.2) is 5.82 Å². The number of alkyl halides is 1. The number of hydrogen-bond donors (Lipinski definition) is 2. The van der Waals surface area contributed by atoms with Crippen molar-refractivity contribution in [2.45, 2.75) is 80.0 Å². The number of nitrogens with one attached hydrogen (secondary N) is 2. The van der Waals surface area contributed by atoms with Gasteiger partial charge in [0.05, 0.1) is 12.3 Å². The predicted molar refractivity (Wildman–Crippen MR) is 106 cm³/mol. The molecule has 2 atom stereocenters. The van der Waals surface area contributed by atoms with Gasteiger partial charge >= 0.3 is 0 Å². The van der Waals surface area contributed by atoms with Crippen molar-refractivity contribution >= 4 is 33.4 Å². The first-order chi connectivity index (χ1) is 12.8. The second kappa shape index (κ2) is 7.50. The summed E-state index contributed by atoms with van der Waals surface area (Å²) in [7, 11) is 0. The summed E-state index contributed by atoms with van der Waals surface area (Å²) in [5, 5.41) is 17.1. The molecule has 0 bridgehead atoms. The maximum atomic E-state index is 5.00. The molecule has 7 nitrogen and oxygen atoms in total. The third kappa shape index (κ3) is 3.37. The highest BCUT2D eigenvalue weighted by atomic mass is 79.9. The van der Waals surface area contributed by atoms with Crippen LogP contribution in [0.3, 0.4) is 0 Å². The summed E-state index contributed by atoms with van der Waals surface area (Å²) < 4.78 is 2.00. The zero-order valence-corrected chi connectivity index (χ0v) is 17.3. The lowest BCUT2D eigenvalue weighted by atomic mass is 9.86. The van der Waals surface area contributed by atoms with Gasteiger partial charge in [-0.1, -0.05) is 40.5 Å². The van der Waals surface area contributed by atoms with E-state index < -0.39 is 0 Å². The number of rotatable bonds is 3. The SMILES string of the molecule is BrC1CCC(C2=Nn3c(CN4NNC5CCCCC54)nnc3SC2)CC1. The highest BCUT2D eigenvalue weighted by Gasteiger charge is 2.37. The normalized spacial score (nSPS) is 35.0. The van der Waals surface area contributed by atoms with Gasteiger partial charge in [0.2, 0.25) is 5.16 Å². The number of nitrogens with zero attached hydrogens (tertiary/aromatic N) is 5. The van der Waals surface area contributed by atoms with Gasteiger partial charge in [0.25, 0.3) is 0 Å². The Kier molecular flexibility index (Phi) is 5.08. The predicted octanol–water partition coefficient (Wildman–Crippen LogP) is 2.68. The molecule has 2 saturated carbocycles. The Morgan fingerprint density at radius 3 is 2.81 bits per heavy atom. The molecule has 0 spiro atoms. The van der Waals surface area contributed by atoms with Crippen LogP contribution in [0.5, 0.6) is 0 Å². The first kappa shape index (κ1) is 17.6. The van der Waals surface area contributed by atoms with E-state index in [1.165, 1.54) is 57.1 Å². The average Bonchev–Trinajstić information content (AvgIpc) is 3.27. The summed E-state index contributed by atoms with van der Waals surface area (Å²) in [6, 6.07) is 1.10. The molecule has 5 rings (SSSR count). The lowest BCUT2D eigenvalue weighted by molar-refractivity contribution is 0.141. The van der Waals surface area contributed by atoms with Gasteiger partial charge in [0.1, 0.15) is 0 Å². The maximum absolute atomic E-state index is 5.00. The molecule has 1 aromatic rings. The third-order valence-electron chi connectivity index (χ3n) is 6.22. The molecule has 0 amide bonds. The molecule has 2 N–H and O–H groups in total. The van der Waals surface area contributed by atoms with Crippen molar-refractivity contribution in [1.82, 2.24) is 30.8 Å². The summed E-state index contributed by atoms with van der Waals surface area (Å²) >= 11 is 5.54. The van der Waals surface area contributed by atoms with Gasteiger partial charge in [-0.15, -0.1) is 10.2 Å². The number of hydrazine groups is 2. The van der Waals surface area contributed by atoms with E-state index in [-0.39, 0.29) is 0 Å². The second-order valence-corrected chi connectivity index (χ2v) is 10.1. The smallest absolute Gasteiger partial charge is 0.212 e. The standard InChI is InChI=1S/C17H26BrN7S/c18-12-7-5-11(6-8-12)14-10-26-17-21-20-16(25(17)22-14)9-24-15-4-2-1-3-13(15)19-23-24/h11-13,15,19,23H,1-10H2. The van der Waals surface area contributed by atoms with Gasteiger partial charge in [0, 0.05) is 22.7 Å². The van der Waals surface area contributed by atoms with Crippen LogP contribution in [0.1, 0.15) is 57.2 Å². The molecule has 2 aliphatic heterocycles. The number of fused-ring (bicyclic) bond motifs is 2. The number of aromatic nitrogens is 3. The molecule has 2 aliphatic carbocycles. The highest BCUT2D eigenvalue weighted by Crippen LogP contribution is 2.34. The first-order valence-electron chi connectivity index (χ1n) is 9.84. The van der Waals surface area contributed by atoms with Crippen molar-refractivity contribution < 1.29 is 0 Å². The van der Waals surface area contributed by atoms with Crippen molar-refractivity contribution in [2.24, 2.45) is 11.0 Å².